The van der Waals surface area contributed by atoms with Crippen LogP contribution in [0.25, 0.3) is 0 Å². The lowest BCUT2D eigenvalue weighted by atomic mass is 10.0. The molecule has 1 unspecified atom stereocenters. The molecule has 1 N–H and O–H groups in total. The second-order valence-corrected chi connectivity index (χ2v) is 6.22. The number of halogens is 1. The van der Waals surface area contributed by atoms with Gasteiger partial charge in [-0.25, -0.2) is 4.39 Å². The average Bonchev–Trinajstić information content (AvgIpc) is 2.84. The van der Waals surface area contributed by atoms with E-state index in [1.54, 1.807) is 0 Å². The second kappa shape index (κ2) is 5.61. The van der Waals surface area contributed by atoms with Gasteiger partial charge in [-0.3, -0.25) is 0 Å². The molecule has 0 radical (unpaired) electrons. The van der Waals surface area contributed by atoms with Gasteiger partial charge in [-0.05, 0) is 61.4 Å². The predicted octanol–water partition coefficient (Wildman–Crippen LogP) is 4.53. The van der Waals surface area contributed by atoms with Gasteiger partial charge in [0.15, 0.2) is 0 Å². The van der Waals surface area contributed by atoms with Crippen molar-refractivity contribution in [2.45, 2.75) is 46.2 Å². The van der Waals surface area contributed by atoms with Crippen molar-refractivity contribution in [2.75, 3.05) is 0 Å². The molecule has 3 rings (SSSR count). The molecule has 21 heavy (non-hydrogen) atoms. The summed E-state index contributed by atoms with van der Waals surface area (Å²) in [6.07, 6.45) is 2.30. The van der Waals surface area contributed by atoms with E-state index >= 15 is 0 Å². The minimum absolute atomic E-state index is 0.0828. The van der Waals surface area contributed by atoms with E-state index in [-0.39, 0.29) is 5.82 Å². The highest BCUT2D eigenvalue weighted by molar-refractivity contribution is 5.38. The molecule has 1 nitrogen and oxygen atoms in total. The van der Waals surface area contributed by atoms with Gasteiger partial charge in [-0.2, -0.15) is 0 Å². The molecule has 1 aliphatic rings. The van der Waals surface area contributed by atoms with E-state index in [9.17, 15) is 4.39 Å². The van der Waals surface area contributed by atoms with Crippen LogP contribution in [0, 0.1) is 26.6 Å². The van der Waals surface area contributed by atoms with Gasteiger partial charge in [-0.15, -0.1) is 0 Å². The highest BCUT2D eigenvalue weighted by Crippen LogP contribution is 2.32. The average molecular weight is 283 g/mol. The fraction of sp³-hybridized carbons (Fsp3) is 0.368. The Labute approximate surface area is 126 Å². The van der Waals surface area contributed by atoms with E-state index in [4.69, 9.17) is 0 Å². The van der Waals surface area contributed by atoms with Gasteiger partial charge in [0, 0.05) is 12.6 Å². The summed E-state index contributed by atoms with van der Waals surface area (Å²) in [6, 6.07) is 11.0. The number of fused-ring (bicyclic) bond motifs is 1. The van der Waals surface area contributed by atoms with Crippen LogP contribution in [0.5, 0.6) is 0 Å². The van der Waals surface area contributed by atoms with Gasteiger partial charge >= 0.3 is 0 Å². The van der Waals surface area contributed by atoms with Crippen LogP contribution >= 0.6 is 0 Å². The van der Waals surface area contributed by atoms with Crippen molar-refractivity contribution in [3.8, 4) is 0 Å². The molecule has 0 saturated carbocycles. The molecule has 1 atom stereocenters. The maximum absolute atomic E-state index is 13.7. The molecule has 0 heterocycles. The lowest BCUT2D eigenvalue weighted by Gasteiger charge is -2.15. The van der Waals surface area contributed by atoms with Crippen LogP contribution in [0.15, 0.2) is 30.3 Å². The van der Waals surface area contributed by atoms with Crippen molar-refractivity contribution in [3.05, 3.63) is 69.5 Å². The normalized spacial score (nSPS) is 17.0. The lowest BCUT2D eigenvalue weighted by Crippen LogP contribution is -2.19. The van der Waals surface area contributed by atoms with Crippen molar-refractivity contribution < 1.29 is 4.39 Å². The number of aryl methyl sites for hydroxylation is 4. The molecule has 2 aromatic rings. The first kappa shape index (κ1) is 14.3. The molecule has 0 bridgehead atoms. The van der Waals surface area contributed by atoms with Crippen LogP contribution in [-0.2, 0) is 13.0 Å². The van der Waals surface area contributed by atoms with Gasteiger partial charge in [0.05, 0.1) is 0 Å². The molecule has 0 aromatic heterocycles. The zero-order chi connectivity index (χ0) is 15.0. The SMILES string of the molecule is Cc1ccc2c(c1)C(NCc1cc(C)c(F)c(C)c1)CC2. The minimum atomic E-state index is -0.0828. The summed E-state index contributed by atoms with van der Waals surface area (Å²) in [4.78, 5) is 0. The fourth-order valence-corrected chi connectivity index (χ4v) is 3.31. The topological polar surface area (TPSA) is 12.0 Å². The van der Waals surface area contributed by atoms with E-state index < -0.39 is 0 Å². The lowest BCUT2D eigenvalue weighted by molar-refractivity contribution is 0.528. The predicted molar refractivity (Wildman–Crippen MR) is 85.0 cm³/mol. The van der Waals surface area contributed by atoms with Crippen LogP contribution in [0.1, 0.15) is 45.8 Å². The van der Waals surface area contributed by atoms with Crippen molar-refractivity contribution >= 4 is 0 Å². The van der Waals surface area contributed by atoms with Gasteiger partial charge in [-0.1, -0.05) is 35.9 Å². The van der Waals surface area contributed by atoms with E-state index in [0.717, 1.165) is 36.1 Å². The summed E-state index contributed by atoms with van der Waals surface area (Å²) in [5, 5.41) is 3.63. The molecule has 0 aliphatic heterocycles. The molecule has 1 aliphatic carbocycles. The summed E-state index contributed by atoms with van der Waals surface area (Å²) < 4.78 is 13.7. The molecule has 0 fully saturated rings. The molecule has 0 amide bonds. The Morgan fingerprint density at radius 3 is 2.52 bits per heavy atom. The molecule has 2 heteroatoms. The molecule has 110 valence electrons. The minimum Gasteiger partial charge on any atom is -0.306 e. The zero-order valence-corrected chi connectivity index (χ0v) is 13.0. The molecular formula is C19H22FN. The standard InChI is InChI=1S/C19H22FN/c1-12-4-5-16-6-7-18(17(16)8-12)21-11-15-9-13(2)19(20)14(3)10-15/h4-5,8-10,18,21H,6-7,11H2,1-3H3. The summed E-state index contributed by atoms with van der Waals surface area (Å²) in [5.41, 5.74) is 6.84. The van der Waals surface area contributed by atoms with Crippen molar-refractivity contribution in [3.63, 3.8) is 0 Å². The first-order chi connectivity index (χ1) is 10.0. The molecule has 0 saturated heterocycles. The first-order valence-corrected chi connectivity index (χ1v) is 7.63. The maximum atomic E-state index is 13.7. The van der Waals surface area contributed by atoms with Gasteiger partial charge in [0.25, 0.3) is 0 Å². The number of benzene rings is 2. The van der Waals surface area contributed by atoms with Crippen molar-refractivity contribution in [1.82, 2.24) is 5.32 Å². The highest BCUT2D eigenvalue weighted by atomic mass is 19.1. The fourth-order valence-electron chi connectivity index (χ4n) is 3.31. The van der Waals surface area contributed by atoms with Gasteiger partial charge in [0.1, 0.15) is 5.82 Å². The largest absolute Gasteiger partial charge is 0.306 e. The highest BCUT2D eigenvalue weighted by Gasteiger charge is 2.21. The number of hydrogen-bond donors (Lipinski definition) is 1. The number of nitrogens with one attached hydrogen (secondary N) is 1. The molecule has 0 spiro atoms. The third-order valence-electron chi connectivity index (χ3n) is 4.43. The summed E-state index contributed by atoms with van der Waals surface area (Å²) in [5.74, 6) is -0.0828. The van der Waals surface area contributed by atoms with Crippen molar-refractivity contribution in [2.24, 2.45) is 0 Å². The van der Waals surface area contributed by atoms with E-state index in [2.05, 4.69) is 30.4 Å². The molecular weight excluding hydrogens is 261 g/mol. The van der Waals surface area contributed by atoms with Gasteiger partial charge < -0.3 is 5.32 Å². The zero-order valence-electron chi connectivity index (χ0n) is 13.0. The Morgan fingerprint density at radius 2 is 1.81 bits per heavy atom. The van der Waals surface area contributed by atoms with E-state index in [1.807, 2.05) is 26.0 Å². The summed E-state index contributed by atoms with van der Waals surface area (Å²) >= 11 is 0. The molecule has 2 aromatic carbocycles. The summed E-state index contributed by atoms with van der Waals surface area (Å²) in [7, 11) is 0. The number of hydrogen-bond acceptors (Lipinski definition) is 1. The first-order valence-electron chi connectivity index (χ1n) is 7.63. The Kier molecular flexibility index (Phi) is 3.81. The van der Waals surface area contributed by atoms with Crippen LogP contribution in [0.4, 0.5) is 4.39 Å². The van der Waals surface area contributed by atoms with Crippen molar-refractivity contribution in [1.29, 1.82) is 0 Å². The van der Waals surface area contributed by atoms with Gasteiger partial charge in [0.2, 0.25) is 0 Å². The van der Waals surface area contributed by atoms with E-state index in [1.165, 1.54) is 16.7 Å². The smallest absolute Gasteiger partial charge is 0.129 e. The number of rotatable bonds is 3. The quantitative estimate of drug-likeness (QED) is 0.872. The second-order valence-electron chi connectivity index (χ2n) is 6.22. The Morgan fingerprint density at radius 1 is 1.10 bits per heavy atom. The third-order valence-corrected chi connectivity index (χ3v) is 4.43. The van der Waals surface area contributed by atoms with E-state index in [0.29, 0.717) is 6.04 Å². The third kappa shape index (κ3) is 2.86. The van der Waals surface area contributed by atoms with Crippen LogP contribution < -0.4 is 5.32 Å². The van der Waals surface area contributed by atoms with Crippen LogP contribution in [-0.4, -0.2) is 0 Å². The summed E-state index contributed by atoms with van der Waals surface area (Å²) in [6.45, 7) is 6.60. The monoisotopic (exact) mass is 283 g/mol. The Bertz CT molecular complexity index is 652. The van der Waals surface area contributed by atoms with Crippen LogP contribution in [0.3, 0.4) is 0 Å². The Hall–Kier alpha value is -1.67. The van der Waals surface area contributed by atoms with Crippen LogP contribution in [0.2, 0.25) is 0 Å². The maximum Gasteiger partial charge on any atom is 0.129 e. The Balaban J connectivity index is 1.74.